The topological polar surface area (TPSA) is 107 Å². The van der Waals surface area contributed by atoms with E-state index in [2.05, 4.69) is 20.6 Å². The summed E-state index contributed by atoms with van der Waals surface area (Å²) >= 11 is 5.14. The molecule has 0 aliphatic carbocycles. The van der Waals surface area contributed by atoms with Crippen molar-refractivity contribution in [2.24, 2.45) is 0 Å². The van der Waals surface area contributed by atoms with Gasteiger partial charge in [0.1, 0.15) is 5.56 Å². The van der Waals surface area contributed by atoms with Crippen molar-refractivity contribution in [3.05, 3.63) is 57.9 Å². The molecule has 3 rings (SSSR count). The molecule has 2 N–H and O–H groups in total. The van der Waals surface area contributed by atoms with E-state index >= 15 is 0 Å². The van der Waals surface area contributed by atoms with Crippen LogP contribution in [-0.4, -0.2) is 43.0 Å². The molecule has 10 heteroatoms. The fourth-order valence-electron chi connectivity index (χ4n) is 2.91. The summed E-state index contributed by atoms with van der Waals surface area (Å²) in [5.74, 6) is 0.0378. The molecule has 1 amide bonds. The highest BCUT2D eigenvalue weighted by Crippen LogP contribution is 2.16. The van der Waals surface area contributed by atoms with E-state index in [0.717, 1.165) is 5.69 Å². The molecule has 0 aliphatic rings. The van der Waals surface area contributed by atoms with Gasteiger partial charge in [-0.25, -0.2) is 9.48 Å². The van der Waals surface area contributed by atoms with E-state index in [1.54, 1.807) is 42.8 Å². The first-order valence-corrected chi connectivity index (χ1v) is 9.61. The Hall–Kier alpha value is -3.27. The number of H-pyrrole nitrogens is 1. The summed E-state index contributed by atoms with van der Waals surface area (Å²) in [5.41, 5.74) is 2.32. The van der Waals surface area contributed by atoms with Crippen LogP contribution < -0.4 is 5.32 Å². The molecule has 0 radical (unpaired) electrons. The largest absolute Gasteiger partial charge is 0.462 e. The molecule has 2 aromatic heterocycles. The first kappa shape index (κ1) is 20.5. The summed E-state index contributed by atoms with van der Waals surface area (Å²) in [7, 11) is 0. The van der Waals surface area contributed by atoms with Gasteiger partial charge in [0.15, 0.2) is 10.6 Å². The summed E-state index contributed by atoms with van der Waals surface area (Å²) in [6.07, 6.45) is 1.48. The fourth-order valence-corrected chi connectivity index (χ4v) is 3.19. The lowest BCUT2D eigenvalue weighted by atomic mass is 10.2. The van der Waals surface area contributed by atoms with Crippen LogP contribution in [0.5, 0.6) is 0 Å². The van der Waals surface area contributed by atoms with E-state index in [-0.39, 0.29) is 12.5 Å². The quantitative estimate of drug-likeness (QED) is 0.455. The third kappa shape index (κ3) is 4.27. The van der Waals surface area contributed by atoms with Crippen molar-refractivity contribution < 1.29 is 14.3 Å². The number of rotatable bonds is 7. The zero-order valence-corrected chi connectivity index (χ0v) is 17.2. The Bertz CT molecular complexity index is 1080. The molecule has 9 nitrogen and oxygen atoms in total. The highest BCUT2D eigenvalue weighted by atomic mass is 32.1. The van der Waals surface area contributed by atoms with Crippen molar-refractivity contribution in [3.63, 3.8) is 0 Å². The van der Waals surface area contributed by atoms with Crippen LogP contribution in [-0.2, 0) is 17.8 Å². The van der Waals surface area contributed by atoms with Gasteiger partial charge in [-0.3, -0.25) is 9.89 Å². The molecule has 0 atom stereocenters. The van der Waals surface area contributed by atoms with Crippen molar-refractivity contribution >= 4 is 24.1 Å². The van der Waals surface area contributed by atoms with E-state index in [0.29, 0.717) is 40.6 Å². The number of ether oxygens (including phenoxy) is 1. The molecule has 29 heavy (non-hydrogen) atoms. The summed E-state index contributed by atoms with van der Waals surface area (Å²) in [6, 6.07) is 6.94. The zero-order valence-electron chi connectivity index (χ0n) is 16.4. The molecular weight excluding hydrogens is 392 g/mol. The molecule has 0 aliphatic heterocycles. The maximum atomic E-state index is 12.4. The van der Waals surface area contributed by atoms with E-state index in [1.807, 2.05) is 11.5 Å². The van der Waals surface area contributed by atoms with E-state index in [1.165, 1.54) is 6.20 Å². The summed E-state index contributed by atoms with van der Waals surface area (Å²) in [4.78, 5) is 24.4. The van der Waals surface area contributed by atoms with Gasteiger partial charge in [-0.2, -0.15) is 10.2 Å². The Morgan fingerprint density at radius 1 is 1.24 bits per heavy atom. The molecule has 0 saturated heterocycles. The number of nitrogens with zero attached hydrogens (tertiary/aromatic N) is 4. The van der Waals surface area contributed by atoms with Crippen LogP contribution in [0, 0.1) is 11.7 Å². The van der Waals surface area contributed by atoms with E-state index < -0.39 is 5.97 Å². The average Bonchev–Trinajstić information content (AvgIpc) is 3.28. The Kier molecular flexibility index (Phi) is 6.23. The van der Waals surface area contributed by atoms with Crippen molar-refractivity contribution in [2.75, 3.05) is 6.61 Å². The second kappa shape index (κ2) is 8.82. The molecule has 0 saturated carbocycles. The van der Waals surface area contributed by atoms with Crippen LogP contribution in [0.15, 0.2) is 30.5 Å². The number of aromatic amines is 1. The number of esters is 1. The van der Waals surface area contributed by atoms with Crippen molar-refractivity contribution in [1.82, 2.24) is 29.9 Å². The van der Waals surface area contributed by atoms with Crippen LogP contribution in [0.2, 0.25) is 0 Å². The number of hydrogen-bond acceptors (Lipinski definition) is 6. The molecular formula is C19H22N6O3S. The fraction of sp³-hybridized carbons (Fsp3) is 0.316. The molecule has 0 fully saturated rings. The number of amides is 1. The van der Waals surface area contributed by atoms with Gasteiger partial charge in [0, 0.05) is 12.1 Å². The normalized spacial score (nSPS) is 10.7. The lowest BCUT2D eigenvalue weighted by Crippen LogP contribution is -2.24. The Balaban J connectivity index is 1.71. The molecule has 0 unspecified atom stereocenters. The van der Waals surface area contributed by atoms with Gasteiger partial charge in [-0.15, -0.1) is 0 Å². The number of aromatic nitrogens is 5. The number of hydrogen-bond donors (Lipinski definition) is 2. The molecule has 3 aromatic rings. The molecule has 0 bridgehead atoms. The summed E-state index contributed by atoms with van der Waals surface area (Å²) < 4.78 is 9.01. The van der Waals surface area contributed by atoms with Crippen LogP contribution in [0.25, 0.3) is 5.69 Å². The minimum Gasteiger partial charge on any atom is -0.462 e. The van der Waals surface area contributed by atoms with E-state index in [9.17, 15) is 9.59 Å². The van der Waals surface area contributed by atoms with Crippen LogP contribution >= 0.6 is 12.2 Å². The highest BCUT2D eigenvalue weighted by molar-refractivity contribution is 7.71. The number of nitrogens with one attached hydrogen (secondary N) is 2. The van der Waals surface area contributed by atoms with Crippen molar-refractivity contribution in [3.8, 4) is 5.69 Å². The Morgan fingerprint density at radius 3 is 2.62 bits per heavy atom. The Labute approximate surface area is 172 Å². The van der Waals surface area contributed by atoms with Gasteiger partial charge in [-0.05, 0) is 57.3 Å². The minimum atomic E-state index is -0.405. The van der Waals surface area contributed by atoms with Gasteiger partial charge < -0.3 is 14.6 Å². The van der Waals surface area contributed by atoms with Gasteiger partial charge in [0.05, 0.1) is 30.7 Å². The molecule has 2 heterocycles. The standard InChI is InChI=1S/C19H22N6O3S/c1-4-24-16(22-23-19(24)29)11-20-17(26)13-6-8-14(9-7-13)25-12(3)15(10-21-25)18(27)28-5-2/h6-10H,4-5,11H2,1-3H3,(H,20,26)(H,23,29). The molecule has 1 aromatic carbocycles. The van der Waals surface area contributed by atoms with Crippen LogP contribution in [0.3, 0.4) is 0 Å². The third-order valence-electron chi connectivity index (χ3n) is 4.44. The van der Waals surface area contributed by atoms with Gasteiger partial charge in [0.2, 0.25) is 0 Å². The second-order valence-electron chi connectivity index (χ2n) is 6.19. The number of carbonyl (C=O) groups excluding carboxylic acids is 2. The number of benzene rings is 1. The third-order valence-corrected chi connectivity index (χ3v) is 4.75. The first-order chi connectivity index (χ1) is 14.0. The first-order valence-electron chi connectivity index (χ1n) is 9.20. The monoisotopic (exact) mass is 414 g/mol. The average molecular weight is 414 g/mol. The minimum absolute atomic E-state index is 0.225. The van der Waals surface area contributed by atoms with Crippen LogP contribution in [0.1, 0.15) is 46.1 Å². The SMILES string of the molecule is CCOC(=O)c1cnn(-c2ccc(C(=O)NCc3n[nH]c(=S)n3CC)cc2)c1C. The molecule has 0 spiro atoms. The lowest BCUT2D eigenvalue weighted by Gasteiger charge is -2.08. The van der Waals surface area contributed by atoms with Crippen molar-refractivity contribution in [2.45, 2.75) is 33.9 Å². The maximum Gasteiger partial charge on any atom is 0.341 e. The Morgan fingerprint density at radius 2 is 1.97 bits per heavy atom. The maximum absolute atomic E-state index is 12.4. The van der Waals surface area contributed by atoms with Gasteiger partial charge >= 0.3 is 5.97 Å². The van der Waals surface area contributed by atoms with Crippen LogP contribution in [0.4, 0.5) is 0 Å². The summed E-state index contributed by atoms with van der Waals surface area (Å²) in [6.45, 7) is 6.75. The highest BCUT2D eigenvalue weighted by Gasteiger charge is 2.16. The zero-order chi connectivity index (χ0) is 21.0. The van der Waals surface area contributed by atoms with E-state index in [4.69, 9.17) is 17.0 Å². The smallest absolute Gasteiger partial charge is 0.341 e. The van der Waals surface area contributed by atoms with Gasteiger partial charge in [-0.1, -0.05) is 0 Å². The second-order valence-corrected chi connectivity index (χ2v) is 6.58. The number of carbonyl (C=O) groups is 2. The predicted molar refractivity (Wildman–Crippen MR) is 109 cm³/mol. The van der Waals surface area contributed by atoms with Crippen molar-refractivity contribution in [1.29, 1.82) is 0 Å². The summed E-state index contributed by atoms with van der Waals surface area (Å²) in [5, 5.41) is 13.9. The lowest BCUT2D eigenvalue weighted by molar-refractivity contribution is 0.0525. The predicted octanol–water partition coefficient (Wildman–Crippen LogP) is 2.56. The molecule has 152 valence electrons. The van der Waals surface area contributed by atoms with Gasteiger partial charge in [0.25, 0.3) is 5.91 Å².